The standard InChI is InChI=1S/C13H14O/c1-11(13-8-5-9-14-13)10-12-6-3-2-4-7-12/h2-9,11H,10H2,1H3. The van der Waals surface area contributed by atoms with Crippen LogP contribution >= 0.6 is 0 Å². The lowest BCUT2D eigenvalue weighted by Gasteiger charge is -2.07. The van der Waals surface area contributed by atoms with Gasteiger partial charge in [-0.3, -0.25) is 0 Å². The maximum Gasteiger partial charge on any atom is 0.106 e. The molecule has 72 valence electrons. The zero-order valence-corrected chi connectivity index (χ0v) is 8.31. The predicted octanol–water partition coefficient (Wildman–Crippen LogP) is 3.63. The van der Waals surface area contributed by atoms with E-state index >= 15 is 0 Å². The summed E-state index contributed by atoms with van der Waals surface area (Å²) in [6.07, 6.45) is 2.77. The molecular weight excluding hydrogens is 172 g/mol. The number of furan rings is 1. The maximum absolute atomic E-state index is 5.37. The molecule has 0 radical (unpaired) electrons. The SMILES string of the molecule is CC(Cc1ccccc1)c1ccco1. The largest absolute Gasteiger partial charge is 0.469 e. The first-order chi connectivity index (χ1) is 6.86. The molecule has 0 aliphatic carbocycles. The van der Waals surface area contributed by atoms with Crippen molar-refractivity contribution in [1.82, 2.24) is 0 Å². The Morgan fingerprint density at radius 3 is 2.50 bits per heavy atom. The van der Waals surface area contributed by atoms with Gasteiger partial charge in [0.1, 0.15) is 5.76 Å². The molecule has 0 saturated heterocycles. The van der Waals surface area contributed by atoms with Crippen molar-refractivity contribution in [3.05, 3.63) is 60.1 Å². The zero-order valence-electron chi connectivity index (χ0n) is 8.31. The van der Waals surface area contributed by atoms with Crippen LogP contribution in [0.4, 0.5) is 0 Å². The third kappa shape index (κ3) is 2.05. The van der Waals surface area contributed by atoms with Gasteiger partial charge in [0.2, 0.25) is 0 Å². The molecule has 0 N–H and O–H groups in total. The molecule has 1 aromatic carbocycles. The average molecular weight is 186 g/mol. The molecule has 0 spiro atoms. The zero-order chi connectivity index (χ0) is 9.80. The van der Waals surface area contributed by atoms with Crippen molar-refractivity contribution in [3.63, 3.8) is 0 Å². The Morgan fingerprint density at radius 1 is 1.07 bits per heavy atom. The van der Waals surface area contributed by atoms with E-state index in [0.29, 0.717) is 5.92 Å². The van der Waals surface area contributed by atoms with Gasteiger partial charge in [-0.2, -0.15) is 0 Å². The van der Waals surface area contributed by atoms with Gasteiger partial charge in [0.05, 0.1) is 6.26 Å². The molecule has 1 nitrogen and oxygen atoms in total. The van der Waals surface area contributed by atoms with E-state index in [1.807, 2.05) is 18.2 Å². The van der Waals surface area contributed by atoms with Crippen molar-refractivity contribution < 1.29 is 4.42 Å². The summed E-state index contributed by atoms with van der Waals surface area (Å²) in [5.41, 5.74) is 1.36. The third-order valence-electron chi connectivity index (χ3n) is 2.41. The van der Waals surface area contributed by atoms with Gasteiger partial charge >= 0.3 is 0 Å². The van der Waals surface area contributed by atoms with Crippen molar-refractivity contribution in [2.75, 3.05) is 0 Å². The predicted molar refractivity (Wildman–Crippen MR) is 57.3 cm³/mol. The van der Waals surface area contributed by atoms with E-state index < -0.39 is 0 Å². The first kappa shape index (κ1) is 9.07. The van der Waals surface area contributed by atoms with Gasteiger partial charge in [-0.05, 0) is 24.1 Å². The molecule has 1 atom stereocenters. The molecule has 0 saturated carbocycles. The lowest BCUT2D eigenvalue weighted by molar-refractivity contribution is 0.473. The lowest BCUT2D eigenvalue weighted by atomic mass is 9.99. The van der Waals surface area contributed by atoms with Crippen molar-refractivity contribution in [3.8, 4) is 0 Å². The van der Waals surface area contributed by atoms with Crippen LogP contribution in [0.3, 0.4) is 0 Å². The summed E-state index contributed by atoms with van der Waals surface area (Å²) >= 11 is 0. The molecule has 2 rings (SSSR count). The van der Waals surface area contributed by atoms with E-state index in [-0.39, 0.29) is 0 Å². The van der Waals surface area contributed by atoms with Crippen LogP contribution in [0, 0.1) is 0 Å². The maximum atomic E-state index is 5.37. The molecule has 1 heteroatoms. The Kier molecular flexibility index (Phi) is 2.68. The first-order valence-corrected chi connectivity index (χ1v) is 4.93. The molecule has 2 aromatic rings. The highest BCUT2D eigenvalue weighted by Crippen LogP contribution is 2.20. The molecule has 0 aliphatic rings. The Hall–Kier alpha value is -1.50. The van der Waals surface area contributed by atoms with Crippen molar-refractivity contribution in [1.29, 1.82) is 0 Å². The number of hydrogen-bond donors (Lipinski definition) is 0. The van der Waals surface area contributed by atoms with Gasteiger partial charge in [0.15, 0.2) is 0 Å². The number of hydrogen-bond acceptors (Lipinski definition) is 1. The fourth-order valence-corrected chi connectivity index (χ4v) is 1.64. The summed E-state index contributed by atoms with van der Waals surface area (Å²) in [6, 6.07) is 14.5. The van der Waals surface area contributed by atoms with Crippen LogP contribution in [0.25, 0.3) is 0 Å². The van der Waals surface area contributed by atoms with Gasteiger partial charge in [0, 0.05) is 5.92 Å². The molecular formula is C13H14O. The van der Waals surface area contributed by atoms with Gasteiger partial charge in [-0.25, -0.2) is 0 Å². The van der Waals surface area contributed by atoms with Gasteiger partial charge in [-0.15, -0.1) is 0 Å². The normalized spacial score (nSPS) is 12.6. The van der Waals surface area contributed by atoms with Crippen molar-refractivity contribution in [2.45, 2.75) is 19.3 Å². The average Bonchev–Trinajstić information content (AvgIpc) is 2.72. The van der Waals surface area contributed by atoms with Crippen LogP contribution < -0.4 is 0 Å². The Bertz CT molecular complexity index is 361. The van der Waals surface area contributed by atoms with Crippen LogP contribution in [0.2, 0.25) is 0 Å². The van der Waals surface area contributed by atoms with E-state index in [2.05, 4.69) is 31.2 Å². The second kappa shape index (κ2) is 4.14. The van der Waals surface area contributed by atoms with Crippen molar-refractivity contribution >= 4 is 0 Å². The molecule has 14 heavy (non-hydrogen) atoms. The number of rotatable bonds is 3. The lowest BCUT2D eigenvalue weighted by Crippen LogP contribution is -1.96. The molecule has 0 amide bonds. The molecule has 0 bridgehead atoms. The van der Waals surface area contributed by atoms with Crippen LogP contribution in [0.15, 0.2) is 53.1 Å². The highest BCUT2D eigenvalue weighted by atomic mass is 16.3. The van der Waals surface area contributed by atoms with Crippen LogP contribution in [0.5, 0.6) is 0 Å². The van der Waals surface area contributed by atoms with Crippen LogP contribution in [-0.4, -0.2) is 0 Å². The number of benzene rings is 1. The molecule has 1 aromatic heterocycles. The molecule has 0 aliphatic heterocycles. The minimum absolute atomic E-state index is 0.451. The Balaban J connectivity index is 2.06. The minimum atomic E-state index is 0.451. The Labute approximate surface area is 84.4 Å². The summed E-state index contributed by atoms with van der Waals surface area (Å²) in [6.45, 7) is 2.19. The summed E-state index contributed by atoms with van der Waals surface area (Å²) in [4.78, 5) is 0. The second-order valence-corrected chi connectivity index (χ2v) is 3.61. The molecule has 1 unspecified atom stereocenters. The molecule has 1 heterocycles. The topological polar surface area (TPSA) is 13.1 Å². The first-order valence-electron chi connectivity index (χ1n) is 4.93. The fraction of sp³-hybridized carbons (Fsp3) is 0.231. The molecule has 0 fully saturated rings. The van der Waals surface area contributed by atoms with E-state index in [0.717, 1.165) is 12.2 Å². The smallest absolute Gasteiger partial charge is 0.106 e. The fourth-order valence-electron chi connectivity index (χ4n) is 1.64. The van der Waals surface area contributed by atoms with Gasteiger partial charge in [0.25, 0.3) is 0 Å². The van der Waals surface area contributed by atoms with Crippen LogP contribution in [0.1, 0.15) is 24.2 Å². The van der Waals surface area contributed by atoms with E-state index in [4.69, 9.17) is 4.42 Å². The van der Waals surface area contributed by atoms with E-state index in [9.17, 15) is 0 Å². The van der Waals surface area contributed by atoms with Crippen LogP contribution in [-0.2, 0) is 6.42 Å². The highest BCUT2D eigenvalue weighted by Gasteiger charge is 2.08. The summed E-state index contributed by atoms with van der Waals surface area (Å²) in [7, 11) is 0. The highest BCUT2D eigenvalue weighted by molar-refractivity contribution is 5.18. The van der Waals surface area contributed by atoms with E-state index in [1.165, 1.54) is 5.56 Å². The third-order valence-corrected chi connectivity index (χ3v) is 2.41. The quantitative estimate of drug-likeness (QED) is 0.713. The summed E-state index contributed by atoms with van der Waals surface area (Å²) < 4.78 is 5.37. The van der Waals surface area contributed by atoms with E-state index in [1.54, 1.807) is 6.26 Å². The minimum Gasteiger partial charge on any atom is -0.469 e. The Morgan fingerprint density at radius 2 is 1.86 bits per heavy atom. The monoisotopic (exact) mass is 186 g/mol. The van der Waals surface area contributed by atoms with Gasteiger partial charge in [-0.1, -0.05) is 37.3 Å². The second-order valence-electron chi connectivity index (χ2n) is 3.61. The summed E-state index contributed by atoms with van der Waals surface area (Å²) in [5, 5.41) is 0. The summed E-state index contributed by atoms with van der Waals surface area (Å²) in [5.74, 6) is 1.52. The van der Waals surface area contributed by atoms with Gasteiger partial charge < -0.3 is 4.42 Å². The van der Waals surface area contributed by atoms with Crippen molar-refractivity contribution in [2.24, 2.45) is 0 Å².